The van der Waals surface area contributed by atoms with Crippen LogP contribution in [0.15, 0.2) is 60.7 Å². The summed E-state index contributed by atoms with van der Waals surface area (Å²) in [4.78, 5) is 0. The van der Waals surface area contributed by atoms with Gasteiger partial charge in [0.1, 0.15) is 11.5 Å². The number of aliphatic hydroxyl groups is 1. The van der Waals surface area contributed by atoms with E-state index in [1.807, 2.05) is 42.5 Å². The van der Waals surface area contributed by atoms with Crippen molar-refractivity contribution in [2.45, 2.75) is 25.9 Å². The SMILES string of the molecule is C=C(C)C(O)Cc1cc(CC=Cc2ccccc2)c(O)cc1O. The maximum absolute atomic E-state index is 9.98. The van der Waals surface area contributed by atoms with Gasteiger partial charge in [-0.2, -0.15) is 0 Å². The minimum absolute atomic E-state index is 0.0152. The van der Waals surface area contributed by atoms with Crippen molar-refractivity contribution in [1.29, 1.82) is 0 Å². The van der Waals surface area contributed by atoms with Crippen molar-refractivity contribution in [1.82, 2.24) is 0 Å². The second-order valence-corrected chi connectivity index (χ2v) is 5.69. The summed E-state index contributed by atoms with van der Waals surface area (Å²) >= 11 is 0. The van der Waals surface area contributed by atoms with Gasteiger partial charge in [-0.1, -0.05) is 54.6 Å². The summed E-state index contributed by atoms with van der Waals surface area (Å²) in [5, 5.41) is 29.8. The molecule has 0 heterocycles. The monoisotopic (exact) mass is 310 g/mol. The molecule has 23 heavy (non-hydrogen) atoms. The summed E-state index contributed by atoms with van der Waals surface area (Å²) in [6.45, 7) is 5.45. The van der Waals surface area contributed by atoms with Gasteiger partial charge >= 0.3 is 0 Å². The number of hydrogen-bond acceptors (Lipinski definition) is 3. The highest BCUT2D eigenvalue weighted by Crippen LogP contribution is 2.29. The predicted molar refractivity (Wildman–Crippen MR) is 93.5 cm³/mol. The van der Waals surface area contributed by atoms with Crippen LogP contribution in [-0.2, 0) is 12.8 Å². The minimum Gasteiger partial charge on any atom is -0.508 e. The van der Waals surface area contributed by atoms with E-state index >= 15 is 0 Å². The molecule has 0 saturated carbocycles. The summed E-state index contributed by atoms with van der Waals surface area (Å²) in [5.41, 5.74) is 3.03. The Kier molecular flexibility index (Phi) is 5.61. The van der Waals surface area contributed by atoms with E-state index in [2.05, 4.69) is 6.58 Å². The van der Waals surface area contributed by atoms with Crippen molar-refractivity contribution in [3.8, 4) is 11.5 Å². The molecule has 1 unspecified atom stereocenters. The van der Waals surface area contributed by atoms with Crippen LogP contribution in [0.4, 0.5) is 0 Å². The van der Waals surface area contributed by atoms with Gasteiger partial charge in [0, 0.05) is 12.5 Å². The normalized spacial score (nSPS) is 12.4. The van der Waals surface area contributed by atoms with Gasteiger partial charge in [-0.15, -0.1) is 0 Å². The molecule has 0 fully saturated rings. The Hall–Kier alpha value is -2.52. The molecule has 0 aliphatic rings. The number of benzene rings is 2. The second kappa shape index (κ2) is 7.65. The van der Waals surface area contributed by atoms with Crippen molar-refractivity contribution in [2.75, 3.05) is 0 Å². The van der Waals surface area contributed by atoms with E-state index in [9.17, 15) is 15.3 Å². The third-order valence-electron chi connectivity index (χ3n) is 3.71. The lowest BCUT2D eigenvalue weighted by molar-refractivity contribution is 0.210. The lowest BCUT2D eigenvalue weighted by Gasteiger charge is -2.13. The first-order valence-corrected chi connectivity index (χ1v) is 7.56. The third kappa shape index (κ3) is 4.73. The van der Waals surface area contributed by atoms with Gasteiger partial charge in [-0.25, -0.2) is 0 Å². The molecule has 0 saturated heterocycles. The highest BCUT2D eigenvalue weighted by Gasteiger charge is 2.12. The number of rotatable bonds is 6. The highest BCUT2D eigenvalue weighted by molar-refractivity contribution is 5.51. The molecule has 120 valence electrons. The van der Waals surface area contributed by atoms with Gasteiger partial charge in [0.25, 0.3) is 0 Å². The second-order valence-electron chi connectivity index (χ2n) is 5.69. The average molecular weight is 310 g/mol. The molecule has 2 aromatic rings. The molecular formula is C20H22O3. The molecular weight excluding hydrogens is 288 g/mol. The molecule has 3 N–H and O–H groups in total. The minimum atomic E-state index is -0.710. The average Bonchev–Trinajstić information content (AvgIpc) is 2.52. The van der Waals surface area contributed by atoms with Crippen LogP contribution < -0.4 is 0 Å². The van der Waals surface area contributed by atoms with E-state index in [4.69, 9.17) is 0 Å². The molecule has 2 aromatic carbocycles. The van der Waals surface area contributed by atoms with Crippen molar-refractivity contribution < 1.29 is 15.3 Å². The fourth-order valence-electron chi connectivity index (χ4n) is 2.27. The molecule has 0 aromatic heterocycles. The fraction of sp³-hybridized carbons (Fsp3) is 0.200. The summed E-state index contributed by atoms with van der Waals surface area (Å²) in [7, 11) is 0. The summed E-state index contributed by atoms with van der Waals surface area (Å²) in [5.74, 6) is 0.0346. The highest BCUT2D eigenvalue weighted by atomic mass is 16.3. The number of aromatic hydroxyl groups is 2. The summed E-state index contributed by atoms with van der Waals surface area (Å²) in [6, 6.07) is 13.0. The third-order valence-corrected chi connectivity index (χ3v) is 3.71. The van der Waals surface area contributed by atoms with Gasteiger partial charge < -0.3 is 15.3 Å². The Bertz CT molecular complexity index is 702. The van der Waals surface area contributed by atoms with Crippen molar-refractivity contribution >= 4 is 6.08 Å². The van der Waals surface area contributed by atoms with Crippen LogP contribution in [0.1, 0.15) is 23.6 Å². The lowest BCUT2D eigenvalue weighted by Crippen LogP contribution is -2.11. The molecule has 1 atom stereocenters. The Morgan fingerprint density at radius 2 is 1.74 bits per heavy atom. The molecule has 3 nitrogen and oxygen atoms in total. The standard InChI is InChI=1S/C20H22O3/c1-14(2)18(21)12-17-11-16(19(22)13-20(17)23)10-6-9-15-7-4-3-5-8-15/h3-9,11,13,18,21-23H,1,10,12H2,2H3. The fourth-order valence-corrected chi connectivity index (χ4v) is 2.27. The first-order chi connectivity index (χ1) is 11.0. The van der Waals surface area contributed by atoms with Crippen LogP contribution in [0, 0.1) is 0 Å². The largest absolute Gasteiger partial charge is 0.508 e. The molecule has 0 amide bonds. The van der Waals surface area contributed by atoms with Crippen LogP contribution in [0.3, 0.4) is 0 Å². The molecule has 3 heteroatoms. The Morgan fingerprint density at radius 3 is 2.39 bits per heavy atom. The Balaban J connectivity index is 2.15. The Labute approximate surface area is 136 Å². The smallest absolute Gasteiger partial charge is 0.122 e. The maximum Gasteiger partial charge on any atom is 0.122 e. The Morgan fingerprint density at radius 1 is 1.09 bits per heavy atom. The lowest BCUT2D eigenvalue weighted by atomic mass is 9.98. The number of phenols is 2. The molecule has 0 spiro atoms. The first-order valence-electron chi connectivity index (χ1n) is 7.56. The molecule has 2 rings (SSSR count). The van der Waals surface area contributed by atoms with Crippen LogP contribution >= 0.6 is 0 Å². The van der Waals surface area contributed by atoms with Crippen LogP contribution in [0.25, 0.3) is 6.08 Å². The van der Waals surface area contributed by atoms with Crippen molar-refractivity contribution in [2.24, 2.45) is 0 Å². The van der Waals surface area contributed by atoms with Crippen molar-refractivity contribution in [3.05, 3.63) is 77.4 Å². The van der Waals surface area contributed by atoms with E-state index in [0.29, 0.717) is 23.1 Å². The summed E-state index contributed by atoms with van der Waals surface area (Å²) in [6.07, 6.45) is 4.04. The van der Waals surface area contributed by atoms with Gasteiger partial charge in [-0.3, -0.25) is 0 Å². The van der Waals surface area contributed by atoms with E-state index in [1.165, 1.54) is 6.07 Å². The predicted octanol–water partition coefficient (Wildman–Crippen LogP) is 3.83. The first kappa shape index (κ1) is 16.8. The van der Waals surface area contributed by atoms with Crippen LogP contribution in [0.2, 0.25) is 0 Å². The van der Waals surface area contributed by atoms with E-state index < -0.39 is 6.10 Å². The van der Waals surface area contributed by atoms with Gasteiger partial charge in [-0.05, 0) is 36.1 Å². The summed E-state index contributed by atoms with van der Waals surface area (Å²) < 4.78 is 0. The quantitative estimate of drug-likeness (QED) is 0.711. The molecule has 0 radical (unpaired) electrons. The van der Waals surface area contributed by atoms with Gasteiger partial charge in [0.05, 0.1) is 6.10 Å². The number of allylic oxidation sites excluding steroid dienone is 1. The van der Waals surface area contributed by atoms with Crippen LogP contribution in [0.5, 0.6) is 11.5 Å². The van der Waals surface area contributed by atoms with E-state index in [0.717, 1.165) is 5.56 Å². The van der Waals surface area contributed by atoms with Gasteiger partial charge in [0.2, 0.25) is 0 Å². The molecule has 0 aliphatic carbocycles. The number of aliphatic hydroxyl groups excluding tert-OH is 1. The number of phenolic OH excluding ortho intramolecular Hbond substituents is 2. The molecule has 0 bridgehead atoms. The molecule has 0 aliphatic heterocycles. The maximum atomic E-state index is 9.98. The van der Waals surface area contributed by atoms with Crippen LogP contribution in [-0.4, -0.2) is 21.4 Å². The zero-order valence-corrected chi connectivity index (χ0v) is 13.2. The van der Waals surface area contributed by atoms with E-state index in [-0.39, 0.29) is 17.9 Å². The zero-order valence-electron chi connectivity index (χ0n) is 13.2. The van der Waals surface area contributed by atoms with E-state index in [1.54, 1.807) is 13.0 Å². The topological polar surface area (TPSA) is 60.7 Å². The van der Waals surface area contributed by atoms with Gasteiger partial charge in [0.15, 0.2) is 0 Å². The zero-order chi connectivity index (χ0) is 16.8. The van der Waals surface area contributed by atoms with Crippen molar-refractivity contribution in [3.63, 3.8) is 0 Å². The number of hydrogen-bond donors (Lipinski definition) is 3.